The van der Waals surface area contributed by atoms with Gasteiger partial charge in [-0.25, -0.2) is 0 Å². The van der Waals surface area contributed by atoms with Gasteiger partial charge < -0.3 is 0 Å². The molecule has 0 spiro atoms. The topological polar surface area (TPSA) is 34.1 Å². The zero-order chi connectivity index (χ0) is 15.7. The first-order valence-corrected chi connectivity index (χ1v) is 7.44. The normalized spacial score (nSPS) is 16.9. The fraction of sp³-hybridized carbons (Fsp3) is 0.200. The molecule has 2 heteroatoms. The van der Waals surface area contributed by atoms with E-state index in [2.05, 4.69) is 0 Å². The van der Waals surface area contributed by atoms with Crippen LogP contribution in [0.25, 0.3) is 0 Å². The van der Waals surface area contributed by atoms with Crippen LogP contribution in [0.5, 0.6) is 0 Å². The molecular weight excluding hydrogens is 272 g/mol. The van der Waals surface area contributed by atoms with Gasteiger partial charge in [0, 0.05) is 11.1 Å². The Morgan fingerprint density at radius 2 is 1.36 bits per heavy atom. The van der Waals surface area contributed by atoms with Crippen molar-refractivity contribution in [1.82, 2.24) is 0 Å². The molecule has 0 saturated heterocycles. The van der Waals surface area contributed by atoms with Crippen LogP contribution in [-0.4, -0.2) is 11.6 Å². The summed E-state index contributed by atoms with van der Waals surface area (Å²) in [5.74, 6) is 0.0229. The summed E-state index contributed by atoms with van der Waals surface area (Å²) in [7, 11) is 0. The van der Waals surface area contributed by atoms with Crippen LogP contribution in [0.3, 0.4) is 0 Å². The molecule has 22 heavy (non-hydrogen) atoms. The summed E-state index contributed by atoms with van der Waals surface area (Å²) < 4.78 is 0. The smallest absolute Gasteiger partial charge is 0.174 e. The number of carbonyl (C=O) groups excluding carboxylic acids is 2. The molecule has 1 aliphatic carbocycles. The average Bonchev–Trinajstić information content (AvgIpc) is 2.83. The van der Waals surface area contributed by atoms with Crippen molar-refractivity contribution in [3.63, 3.8) is 0 Å². The Morgan fingerprint density at radius 1 is 0.909 bits per heavy atom. The van der Waals surface area contributed by atoms with Gasteiger partial charge in [-0.2, -0.15) is 0 Å². The van der Waals surface area contributed by atoms with Gasteiger partial charge >= 0.3 is 0 Å². The van der Waals surface area contributed by atoms with E-state index in [0.29, 0.717) is 17.6 Å². The summed E-state index contributed by atoms with van der Waals surface area (Å²) in [4.78, 5) is 25.1. The molecule has 110 valence electrons. The largest absolute Gasteiger partial charge is 0.295 e. The lowest BCUT2D eigenvalue weighted by Gasteiger charge is -2.29. The SMILES string of the molecule is CC(=O)C1=C(C)C(=O)C(c2ccccc2)(c2ccccc2)C1. The van der Waals surface area contributed by atoms with Gasteiger partial charge in [0.15, 0.2) is 11.6 Å². The third-order valence-corrected chi connectivity index (χ3v) is 4.58. The molecule has 0 saturated carbocycles. The van der Waals surface area contributed by atoms with E-state index in [1.165, 1.54) is 6.92 Å². The van der Waals surface area contributed by atoms with E-state index in [1.54, 1.807) is 6.92 Å². The van der Waals surface area contributed by atoms with Crippen LogP contribution < -0.4 is 0 Å². The standard InChI is InChI=1S/C20H18O2/c1-14-18(15(2)21)13-20(19(14)22,16-9-5-3-6-10-16)17-11-7-4-8-12-17/h3-12H,13H2,1-2H3. The molecule has 0 unspecified atom stereocenters. The minimum Gasteiger partial charge on any atom is -0.295 e. The van der Waals surface area contributed by atoms with Gasteiger partial charge in [0.2, 0.25) is 0 Å². The minimum atomic E-state index is -0.770. The van der Waals surface area contributed by atoms with Crippen molar-refractivity contribution in [2.45, 2.75) is 25.7 Å². The Hall–Kier alpha value is -2.48. The zero-order valence-corrected chi connectivity index (χ0v) is 12.8. The second-order valence-corrected chi connectivity index (χ2v) is 5.80. The van der Waals surface area contributed by atoms with Crippen molar-refractivity contribution in [1.29, 1.82) is 0 Å². The number of Topliss-reactive ketones (excluding diaryl/α,β-unsaturated/α-hetero) is 2. The molecule has 3 rings (SSSR count). The molecule has 2 nitrogen and oxygen atoms in total. The number of hydrogen-bond acceptors (Lipinski definition) is 2. The minimum absolute atomic E-state index is 0.0143. The number of carbonyl (C=O) groups is 2. The number of ketones is 2. The van der Waals surface area contributed by atoms with Crippen LogP contribution in [0.4, 0.5) is 0 Å². The molecule has 0 radical (unpaired) electrons. The van der Waals surface area contributed by atoms with Crippen molar-refractivity contribution in [2.75, 3.05) is 0 Å². The van der Waals surface area contributed by atoms with Crippen LogP contribution in [0.15, 0.2) is 71.8 Å². The van der Waals surface area contributed by atoms with Crippen molar-refractivity contribution in [3.8, 4) is 0 Å². The second-order valence-electron chi connectivity index (χ2n) is 5.80. The second kappa shape index (κ2) is 5.38. The van der Waals surface area contributed by atoms with Crippen LogP contribution in [0.2, 0.25) is 0 Å². The molecule has 0 bridgehead atoms. The van der Waals surface area contributed by atoms with Gasteiger partial charge in [0.05, 0.1) is 5.41 Å². The van der Waals surface area contributed by atoms with E-state index in [-0.39, 0.29) is 11.6 Å². The summed E-state index contributed by atoms with van der Waals surface area (Å²) in [6.45, 7) is 3.31. The molecule has 2 aromatic rings. The van der Waals surface area contributed by atoms with E-state index in [0.717, 1.165) is 11.1 Å². The lowest BCUT2D eigenvalue weighted by molar-refractivity contribution is -0.118. The van der Waals surface area contributed by atoms with Crippen LogP contribution >= 0.6 is 0 Å². The number of benzene rings is 2. The van der Waals surface area contributed by atoms with Crippen LogP contribution in [0, 0.1) is 0 Å². The third kappa shape index (κ3) is 2.03. The van der Waals surface area contributed by atoms with Crippen molar-refractivity contribution in [2.24, 2.45) is 0 Å². The lowest BCUT2D eigenvalue weighted by atomic mass is 9.70. The molecule has 0 atom stereocenters. The molecule has 0 amide bonds. The molecule has 0 heterocycles. The van der Waals surface area contributed by atoms with Gasteiger partial charge in [0.25, 0.3) is 0 Å². The van der Waals surface area contributed by atoms with Crippen molar-refractivity contribution in [3.05, 3.63) is 82.9 Å². The Morgan fingerprint density at radius 3 is 1.73 bits per heavy atom. The monoisotopic (exact) mass is 290 g/mol. The molecular formula is C20H18O2. The molecule has 2 aromatic carbocycles. The highest BCUT2D eigenvalue weighted by atomic mass is 16.1. The Balaban J connectivity index is 2.25. The van der Waals surface area contributed by atoms with Gasteiger partial charge in [0.1, 0.15) is 0 Å². The predicted molar refractivity (Wildman–Crippen MR) is 86.7 cm³/mol. The van der Waals surface area contributed by atoms with Crippen molar-refractivity contribution < 1.29 is 9.59 Å². The molecule has 0 aromatic heterocycles. The van der Waals surface area contributed by atoms with E-state index in [9.17, 15) is 9.59 Å². The summed E-state index contributed by atoms with van der Waals surface area (Å²) in [5, 5.41) is 0. The highest BCUT2D eigenvalue weighted by Gasteiger charge is 2.48. The van der Waals surface area contributed by atoms with E-state index in [4.69, 9.17) is 0 Å². The highest BCUT2D eigenvalue weighted by Crippen LogP contribution is 2.46. The van der Waals surface area contributed by atoms with E-state index >= 15 is 0 Å². The Bertz CT molecular complexity index is 715. The van der Waals surface area contributed by atoms with Crippen LogP contribution in [-0.2, 0) is 15.0 Å². The quantitative estimate of drug-likeness (QED) is 0.860. The zero-order valence-electron chi connectivity index (χ0n) is 12.8. The fourth-order valence-corrected chi connectivity index (χ4v) is 3.40. The average molecular weight is 290 g/mol. The first-order valence-electron chi connectivity index (χ1n) is 7.44. The maximum Gasteiger partial charge on any atom is 0.174 e. The Labute approximate surface area is 130 Å². The third-order valence-electron chi connectivity index (χ3n) is 4.58. The van der Waals surface area contributed by atoms with Gasteiger partial charge in [-0.15, -0.1) is 0 Å². The van der Waals surface area contributed by atoms with E-state index < -0.39 is 5.41 Å². The van der Waals surface area contributed by atoms with Crippen LogP contribution in [0.1, 0.15) is 31.4 Å². The number of hydrogen-bond donors (Lipinski definition) is 0. The Kier molecular flexibility index (Phi) is 3.53. The first-order chi connectivity index (χ1) is 10.6. The summed E-state index contributed by atoms with van der Waals surface area (Å²) in [6.07, 6.45) is 0.445. The van der Waals surface area contributed by atoms with Crippen molar-refractivity contribution >= 4 is 11.6 Å². The van der Waals surface area contributed by atoms with Gasteiger partial charge in [-0.3, -0.25) is 9.59 Å². The molecule has 0 fully saturated rings. The number of allylic oxidation sites excluding steroid dienone is 2. The summed E-state index contributed by atoms with van der Waals surface area (Å²) in [5.41, 5.74) is 2.37. The lowest BCUT2D eigenvalue weighted by Crippen LogP contribution is -2.34. The maximum absolute atomic E-state index is 13.1. The van der Waals surface area contributed by atoms with Gasteiger partial charge in [-0.1, -0.05) is 60.7 Å². The fourth-order valence-electron chi connectivity index (χ4n) is 3.40. The molecule has 1 aliphatic rings. The first kappa shape index (κ1) is 14.5. The highest BCUT2D eigenvalue weighted by molar-refractivity contribution is 6.15. The predicted octanol–water partition coefficient (Wildman–Crippen LogP) is 3.85. The number of rotatable bonds is 3. The summed E-state index contributed by atoms with van der Waals surface area (Å²) >= 11 is 0. The molecule has 0 aliphatic heterocycles. The molecule has 0 N–H and O–H groups in total. The van der Waals surface area contributed by atoms with E-state index in [1.807, 2.05) is 60.7 Å². The van der Waals surface area contributed by atoms with Gasteiger partial charge in [-0.05, 0) is 31.4 Å². The maximum atomic E-state index is 13.1. The summed E-state index contributed by atoms with van der Waals surface area (Å²) in [6, 6.07) is 19.5.